The molecule has 0 heterocycles. The monoisotopic (exact) mass is 265 g/mol. The van der Waals surface area contributed by atoms with Crippen LogP contribution in [-0.2, 0) is 9.59 Å². The van der Waals surface area contributed by atoms with Gasteiger partial charge in [0.1, 0.15) is 0 Å². The molecule has 98 valence electrons. The fraction of sp³-hybridized carbons (Fsp3) is 0.429. The topological polar surface area (TPSA) is 46.2 Å². The summed E-state index contributed by atoms with van der Waals surface area (Å²) in [6, 6.07) is 4.10. The Labute approximate surface area is 112 Å². The molecule has 1 rings (SSSR count). The zero-order valence-corrected chi connectivity index (χ0v) is 11.9. The van der Waals surface area contributed by atoms with Gasteiger partial charge < -0.3 is 5.32 Å². The lowest BCUT2D eigenvalue weighted by atomic mass is 10.1. The molecule has 1 aromatic carbocycles. The van der Waals surface area contributed by atoms with Crippen molar-refractivity contribution in [1.29, 1.82) is 0 Å². The predicted octanol–water partition coefficient (Wildman–Crippen LogP) is 3.33. The molecule has 18 heavy (non-hydrogen) atoms. The first-order valence-electron chi connectivity index (χ1n) is 6.08. The smallest absolute Gasteiger partial charge is 0.288 e. The lowest BCUT2D eigenvalue weighted by molar-refractivity contribution is -0.127. The minimum atomic E-state index is -0.604. The highest BCUT2D eigenvalue weighted by Gasteiger charge is 2.08. The number of amides is 1. The van der Waals surface area contributed by atoms with Gasteiger partial charge >= 0.3 is 0 Å². The van der Waals surface area contributed by atoms with Crippen molar-refractivity contribution in [2.45, 2.75) is 38.5 Å². The Morgan fingerprint density at radius 3 is 2.44 bits per heavy atom. The van der Waals surface area contributed by atoms with Gasteiger partial charge in [-0.25, -0.2) is 0 Å². The molecule has 0 aliphatic heterocycles. The minimum Gasteiger partial charge on any atom is -0.319 e. The maximum atomic E-state index is 11.1. The number of nitrogens with one attached hydrogen (secondary N) is 1. The average molecular weight is 265 g/mol. The van der Waals surface area contributed by atoms with Crippen molar-refractivity contribution in [1.82, 2.24) is 0 Å². The van der Waals surface area contributed by atoms with Crippen LogP contribution in [0, 0.1) is 13.8 Å². The van der Waals surface area contributed by atoms with E-state index in [-0.39, 0.29) is 0 Å². The van der Waals surface area contributed by atoms with E-state index in [4.69, 9.17) is 0 Å². The van der Waals surface area contributed by atoms with E-state index in [0.29, 0.717) is 6.29 Å². The Hall–Kier alpha value is -1.29. The third kappa shape index (κ3) is 4.18. The molecule has 0 bridgehead atoms. The summed E-state index contributed by atoms with van der Waals surface area (Å²) in [6.45, 7) is 6.06. The molecule has 0 atom stereocenters. The molecule has 1 N–H and O–H groups in total. The second kappa shape index (κ2) is 7.21. The fourth-order valence-corrected chi connectivity index (χ4v) is 2.88. The van der Waals surface area contributed by atoms with Gasteiger partial charge in [-0.1, -0.05) is 13.3 Å². The molecule has 0 saturated carbocycles. The summed E-state index contributed by atoms with van der Waals surface area (Å²) in [4.78, 5) is 22.7. The predicted molar refractivity (Wildman–Crippen MR) is 76.2 cm³/mol. The molecule has 0 saturated heterocycles. The van der Waals surface area contributed by atoms with Crippen LogP contribution in [0.4, 0.5) is 5.69 Å². The molecule has 0 fully saturated rings. The maximum Gasteiger partial charge on any atom is 0.288 e. The highest BCUT2D eigenvalue weighted by Crippen LogP contribution is 2.28. The van der Waals surface area contributed by atoms with E-state index in [1.807, 2.05) is 37.7 Å². The van der Waals surface area contributed by atoms with Crippen LogP contribution in [0.3, 0.4) is 0 Å². The first-order chi connectivity index (χ1) is 8.58. The van der Waals surface area contributed by atoms with E-state index >= 15 is 0 Å². The van der Waals surface area contributed by atoms with E-state index in [0.717, 1.165) is 22.6 Å². The Morgan fingerprint density at radius 2 is 1.94 bits per heavy atom. The summed E-state index contributed by atoms with van der Waals surface area (Å²) in [7, 11) is 0. The molecule has 0 unspecified atom stereocenters. The number of aryl methyl sites for hydroxylation is 2. The summed E-state index contributed by atoms with van der Waals surface area (Å²) >= 11 is 1.82. The van der Waals surface area contributed by atoms with Crippen LogP contribution in [0.15, 0.2) is 17.0 Å². The molecule has 3 nitrogen and oxygen atoms in total. The van der Waals surface area contributed by atoms with E-state index < -0.39 is 5.91 Å². The van der Waals surface area contributed by atoms with Crippen molar-refractivity contribution >= 4 is 29.6 Å². The van der Waals surface area contributed by atoms with E-state index in [1.165, 1.54) is 17.7 Å². The number of hydrogen-bond acceptors (Lipinski definition) is 3. The maximum absolute atomic E-state index is 11.1. The van der Waals surface area contributed by atoms with Gasteiger partial charge in [0.15, 0.2) is 0 Å². The van der Waals surface area contributed by atoms with E-state index in [2.05, 4.69) is 12.2 Å². The first-order valence-corrected chi connectivity index (χ1v) is 7.07. The third-order valence-corrected chi connectivity index (χ3v) is 3.69. The normalized spacial score (nSPS) is 10.2. The second-order valence-electron chi connectivity index (χ2n) is 4.24. The first kappa shape index (κ1) is 14.8. The van der Waals surface area contributed by atoms with Gasteiger partial charge in [0.25, 0.3) is 5.91 Å². The van der Waals surface area contributed by atoms with Crippen molar-refractivity contribution in [2.75, 3.05) is 11.1 Å². The number of carbonyl (C=O) groups is 2. The standard InChI is InChI=1S/C14H19NO2S/c1-4-5-6-18-12-7-10(2)14(11(3)8-12)15-13(17)9-16/h7-9H,4-6H2,1-3H3,(H,15,17). The van der Waals surface area contributed by atoms with E-state index in [1.54, 1.807) is 0 Å². The van der Waals surface area contributed by atoms with Crippen LogP contribution in [0.1, 0.15) is 30.9 Å². The summed E-state index contributed by atoms with van der Waals surface area (Å²) in [5.74, 6) is 0.502. The Morgan fingerprint density at radius 1 is 1.33 bits per heavy atom. The molecular formula is C14H19NO2S. The number of unbranched alkanes of at least 4 members (excludes halogenated alkanes) is 1. The Kier molecular flexibility index (Phi) is 5.92. The highest BCUT2D eigenvalue weighted by atomic mass is 32.2. The molecule has 1 aromatic rings. The number of anilines is 1. The van der Waals surface area contributed by atoms with Gasteiger partial charge in [-0.15, -0.1) is 11.8 Å². The number of hydrogen-bond donors (Lipinski definition) is 1. The van der Waals surface area contributed by atoms with E-state index in [9.17, 15) is 9.59 Å². The van der Waals surface area contributed by atoms with Gasteiger partial charge in [0.05, 0.1) is 0 Å². The second-order valence-corrected chi connectivity index (χ2v) is 5.41. The number of rotatable bonds is 6. The van der Waals surface area contributed by atoms with Crippen molar-refractivity contribution in [3.8, 4) is 0 Å². The number of carbonyl (C=O) groups excluding carboxylic acids is 2. The molecule has 0 aliphatic carbocycles. The number of thioether (sulfide) groups is 1. The lowest BCUT2D eigenvalue weighted by Crippen LogP contribution is -2.14. The number of aldehydes is 1. The Bertz CT molecular complexity index is 420. The van der Waals surface area contributed by atoms with Crippen LogP contribution in [0.5, 0.6) is 0 Å². The summed E-state index contributed by atoms with van der Waals surface area (Å²) in [5.41, 5.74) is 2.72. The molecule has 0 aromatic heterocycles. The summed E-state index contributed by atoms with van der Waals surface area (Å²) in [6.07, 6.45) is 2.69. The highest BCUT2D eigenvalue weighted by molar-refractivity contribution is 7.99. The van der Waals surface area contributed by atoms with Gasteiger partial charge in [-0.3, -0.25) is 9.59 Å². The van der Waals surface area contributed by atoms with Crippen molar-refractivity contribution in [3.63, 3.8) is 0 Å². The SMILES string of the molecule is CCCCSc1cc(C)c(NC(=O)C=O)c(C)c1. The van der Waals surface area contributed by atoms with Crippen molar-refractivity contribution < 1.29 is 9.59 Å². The summed E-state index contributed by atoms with van der Waals surface area (Å²) < 4.78 is 0. The molecule has 1 amide bonds. The van der Waals surface area contributed by atoms with Gasteiger partial charge in [0.2, 0.25) is 6.29 Å². The number of benzene rings is 1. The van der Waals surface area contributed by atoms with Crippen molar-refractivity contribution in [2.24, 2.45) is 0 Å². The Balaban J connectivity index is 2.83. The van der Waals surface area contributed by atoms with Crippen LogP contribution in [-0.4, -0.2) is 17.9 Å². The quantitative estimate of drug-likeness (QED) is 0.371. The fourth-order valence-electron chi connectivity index (χ4n) is 1.69. The molecular weight excluding hydrogens is 246 g/mol. The summed E-state index contributed by atoms with van der Waals surface area (Å²) in [5, 5.41) is 2.61. The molecule has 4 heteroatoms. The molecule has 0 spiro atoms. The average Bonchev–Trinajstić information content (AvgIpc) is 2.34. The van der Waals surface area contributed by atoms with Gasteiger partial charge in [-0.2, -0.15) is 0 Å². The van der Waals surface area contributed by atoms with Crippen LogP contribution >= 0.6 is 11.8 Å². The van der Waals surface area contributed by atoms with Gasteiger partial charge in [0, 0.05) is 10.6 Å². The van der Waals surface area contributed by atoms with Crippen LogP contribution in [0.2, 0.25) is 0 Å². The molecule has 0 radical (unpaired) electrons. The van der Waals surface area contributed by atoms with Crippen molar-refractivity contribution in [3.05, 3.63) is 23.3 Å². The molecule has 0 aliphatic rings. The van der Waals surface area contributed by atoms with Crippen LogP contribution < -0.4 is 5.32 Å². The third-order valence-electron chi connectivity index (χ3n) is 2.63. The zero-order chi connectivity index (χ0) is 13.5. The zero-order valence-electron chi connectivity index (χ0n) is 11.1. The largest absolute Gasteiger partial charge is 0.319 e. The van der Waals surface area contributed by atoms with Gasteiger partial charge in [-0.05, 0) is 49.3 Å². The van der Waals surface area contributed by atoms with Crippen LogP contribution in [0.25, 0.3) is 0 Å². The lowest BCUT2D eigenvalue weighted by Gasteiger charge is -2.12. The minimum absolute atomic E-state index is 0.294.